The molecule has 0 unspecified atom stereocenters. The molecule has 9 heteroatoms. The Bertz CT molecular complexity index is 898. The van der Waals surface area contributed by atoms with Gasteiger partial charge in [-0.05, 0) is 35.7 Å². The van der Waals surface area contributed by atoms with Gasteiger partial charge in [0.1, 0.15) is 23.4 Å². The smallest absolute Gasteiger partial charge is 0.329 e. The second-order valence-electron chi connectivity index (χ2n) is 6.57. The Hall–Kier alpha value is -3.13. The number of nitrogens with zero attached hydrogens (tertiary/aromatic N) is 1. The van der Waals surface area contributed by atoms with Gasteiger partial charge in [-0.3, -0.25) is 14.9 Å². The first-order chi connectivity index (χ1) is 13.7. The Labute approximate surface area is 172 Å². The van der Waals surface area contributed by atoms with Crippen LogP contribution in [0.2, 0.25) is 5.02 Å². The summed E-state index contributed by atoms with van der Waals surface area (Å²) in [6, 6.07) is 9.79. The molecule has 0 radical (unpaired) electrons. The molecule has 1 N–H and O–H groups in total. The predicted octanol–water partition coefficient (Wildman–Crippen LogP) is 3.75. The largest absolute Gasteiger partial charge is 0.497 e. The van der Waals surface area contributed by atoms with Gasteiger partial charge in [0, 0.05) is 11.6 Å². The second-order valence-corrected chi connectivity index (χ2v) is 6.98. The van der Waals surface area contributed by atoms with Gasteiger partial charge in [-0.25, -0.2) is 4.79 Å². The van der Waals surface area contributed by atoms with E-state index in [1.54, 1.807) is 45.2 Å². The fourth-order valence-corrected chi connectivity index (χ4v) is 2.67. The molecule has 0 spiro atoms. The van der Waals surface area contributed by atoms with Crippen molar-refractivity contribution in [2.45, 2.75) is 26.5 Å². The number of carbonyl (C=O) groups is 2. The first kappa shape index (κ1) is 22.2. The zero-order valence-electron chi connectivity index (χ0n) is 16.2. The van der Waals surface area contributed by atoms with Gasteiger partial charge in [0.05, 0.1) is 12.0 Å². The normalized spacial score (nSPS) is 11.6. The molecule has 1 atom stereocenters. The molecule has 2 aromatic rings. The minimum absolute atomic E-state index is 0.0229. The summed E-state index contributed by atoms with van der Waals surface area (Å²) < 4.78 is 10.4. The van der Waals surface area contributed by atoms with Crippen molar-refractivity contribution in [3.8, 4) is 5.75 Å². The number of esters is 1. The van der Waals surface area contributed by atoms with Crippen LogP contribution in [0.5, 0.6) is 5.75 Å². The molecule has 8 nitrogen and oxygen atoms in total. The number of nitrogens with one attached hydrogen (secondary N) is 1. The molecular weight excluding hydrogens is 400 g/mol. The van der Waals surface area contributed by atoms with Crippen LogP contribution in [0.15, 0.2) is 42.5 Å². The van der Waals surface area contributed by atoms with Crippen molar-refractivity contribution in [2.24, 2.45) is 5.92 Å². The lowest BCUT2D eigenvalue weighted by atomic mass is 10.0. The Morgan fingerprint density at radius 1 is 1.17 bits per heavy atom. The Kier molecular flexibility index (Phi) is 7.55. The van der Waals surface area contributed by atoms with E-state index in [1.165, 1.54) is 12.1 Å². The fourth-order valence-electron chi connectivity index (χ4n) is 2.48. The van der Waals surface area contributed by atoms with E-state index in [0.29, 0.717) is 5.75 Å². The molecule has 1 amide bonds. The van der Waals surface area contributed by atoms with Crippen molar-refractivity contribution in [3.05, 3.63) is 68.7 Å². The van der Waals surface area contributed by atoms with Crippen molar-refractivity contribution in [3.63, 3.8) is 0 Å². The number of rotatable bonds is 8. The molecule has 0 aliphatic heterocycles. The van der Waals surface area contributed by atoms with Gasteiger partial charge in [-0.2, -0.15) is 0 Å². The molecule has 2 rings (SSSR count). The molecule has 0 saturated carbocycles. The van der Waals surface area contributed by atoms with Crippen molar-refractivity contribution in [1.82, 2.24) is 5.32 Å². The fraction of sp³-hybridized carbons (Fsp3) is 0.300. The van der Waals surface area contributed by atoms with Gasteiger partial charge >= 0.3 is 5.97 Å². The second kappa shape index (κ2) is 9.88. The number of nitro groups is 1. The molecule has 0 heterocycles. The highest BCUT2D eigenvalue weighted by molar-refractivity contribution is 6.32. The number of ether oxygens (including phenoxy) is 2. The van der Waals surface area contributed by atoms with Crippen molar-refractivity contribution in [1.29, 1.82) is 0 Å². The molecule has 0 aliphatic rings. The molecule has 0 saturated heterocycles. The monoisotopic (exact) mass is 420 g/mol. The average Bonchev–Trinajstić information content (AvgIpc) is 2.70. The number of amides is 1. The third kappa shape index (κ3) is 5.92. The molecule has 0 aromatic heterocycles. The first-order valence-corrected chi connectivity index (χ1v) is 9.15. The van der Waals surface area contributed by atoms with Crippen LogP contribution in [0.3, 0.4) is 0 Å². The van der Waals surface area contributed by atoms with E-state index in [-0.39, 0.29) is 28.8 Å². The van der Waals surface area contributed by atoms with Crippen molar-refractivity contribution >= 4 is 29.2 Å². The van der Waals surface area contributed by atoms with E-state index in [4.69, 9.17) is 21.1 Å². The van der Waals surface area contributed by atoms with Crippen LogP contribution in [0.1, 0.15) is 29.8 Å². The van der Waals surface area contributed by atoms with Gasteiger partial charge in [0.25, 0.3) is 11.6 Å². The number of carbonyl (C=O) groups excluding carboxylic acids is 2. The summed E-state index contributed by atoms with van der Waals surface area (Å²) in [4.78, 5) is 35.3. The maximum atomic E-state index is 12.5. The summed E-state index contributed by atoms with van der Waals surface area (Å²) in [6.07, 6.45) is 0. The number of hydrogen-bond donors (Lipinski definition) is 1. The van der Waals surface area contributed by atoms with E-state index in [9.17, 15) is 19.7 Å². The number of methoxy groups -OCH3 is 1. The summed E-state index contributed by atoms with van der Waals surface area (Å²) in [5.41, 5.74) is 0.401. The maximum absolute atomic E-state index is 12.5. The van der Waals surface area contributed by atoms with Crippen molar-refractivity contribution in [2.75, 3.05) is 7.11 Å². The van der Waals surface area contributed by atoms with E-state index in [1.807, 2.05) is 0 Å². The van der Waals surface area contributed by atoms with Crippen LogP contribution in [-0.2, 0) is 16.1 Å². The summed E-state index contributed by atoms with van der Waals surface area (Å²) in [5, 5.41) is 13.5. The molecule has 0 aliphatic carbocycles. The van der Waals surface area contributed by atoms with Gasteiger partial charge in [0.15, 0.2) is 0 Å². The summed E-state index contributed by atoms with van der Waals surface area (Å²) in [7, 11) is 1.56. The standard InChI is InChI=1S/C20H21ClN2O6/c1-12(2)18(20(25)29-11-13-4-7-15(28-3)8-5-13)22-19(24)14-6-9-16(21)17(10-14)23(26)27/h4-10,12,18H,11H2,1-3H3,(H,22,24)/t18-/m0/s1. The van der Waals surface area contributed by atoms with Crippen LogP contribution in [0.25, 0.3) is 0 Å². The summed E-state index contributed by atoms with van der Waals surface area (Å²) in [6.45, 7) is 3.54. The molecular formula is C20H21ClN2O6. The highest BCUT2D eigenvalue weighted by Gasteiger charge is 2.27. The van der Waals surface area contributed by atoms with Crippen LogP contribution >= 0.6 is 11.6 Å². The van der Waals surface area contributed by atoms with Gasteiger partial charge in [0.2, 0.25) is 0 Å². The van der Waals surface area contributed by atoms with Gasteiger partial charge in [-0.1, -0.05) is 37.6 Å². The minimum Gasteiger partial charge on any atom is -0.497 e. The zero-order chi connectivity index (χ0) is 21.6. The molecule has 0 fully saturated rings. The number of benzene rings is 2. The van der Waals surface area contributed by atoms with E-state index in [0.717, 1.165) is 11.6 Å². The van der Waals surface area contributed by atoms with Crippen LogP contribution < -0.4 is 10.1 Å². The lowest BCUT2D eigenvalue weighted by molar-refractivity contribution is -0.384. The topological polar surface area (TPSA) is 108 Å². The molecule has 0 bridgehead atoms. The lowest BCUT2D eigenvalue weighted by Crippen LogP contribution is -2.45. The minimum atomic E-state index is -0.921. The Morgan fingerprint density at radius 3 is 2.38 bits per heavy atom. The van der Waals surface area contributed by atoms with Crippen LogP contribution in [0, 0.1) is 16.0 Å². The van der Waals surface area contributed by atoms with Gasteiger partial charge in [-0.15, -0.1) is 0 Å². The first-order valence-electron chi connectivity index (χ1n) is 8.77. The highest BCUT2D eigenvalue weighted by Crippen LogP contribution is 2.25. The number of hydrogen-bond acceptors (Lipinski definition) is 6. The zero-order valence-corrected chi connectivity index (χ0v) is 16.9. The Morgan fingerprint density at radius 2 is 1.83 bits per heavy atom. The quantitative estimate of drug-likeness (QED) is 0.396. The number of halogens is 1. The van der Waals surface area contributed by atoms with E-state index < -0.39 is 22.8 Å². The highest BCUT2D eigenvalue weighted by atomic mass is 35.5. The number of nitro benzene ring substituents is 1. The van der Waals surface area contributed by atoms with Crippen LogP contribution in [-0.4, -0.2) is 30.0 Å². The van der Waals surface area contributed by atoms with Gasteiger partial charge < -0.3 is 14.8 Å². The third-order valence-corrected chi connectivity index (χ3v) is 4.47. The SMILES string of the molecule is COc1ccc(COC(=O)[C@@H](NC(=O)c2ccc(Cl)c([N+](=O)[O-])c2)C(C)C)cc1. The average molecular weight is 421 g/mol. The van der Waals surface area contributed by atoms with E-state index >= 15 is 0 Å². The maximum Gasteiger partial charge on any atom is 0.329 e. The molecule has 29 heavy (non-hydrogen) atoms. The third-order valence-electron chi connectivity index (χ3n) is 4.15. The molecule has 2 aromatic carbocycles. The van der Waals surface area contributed by atoms with E-state index in [2.05, 4.69) is 5.32 Å². The van der Waals surface area contributed by atoms with Crippen LogP contribution in [0.4, 0.5) is 5.69 Å². The summed E-state index contributed by atoms with van der Waals surface area (Å²) in [5.74, 6) is -0.813. The predicted molar refractivity (Wildman–Crippen MR) is 107 cm³/mol. The van der Waals surface area contributed by atoms with Crippen molar-refractivity contribution < 1.29 is 24.0 Å². The Balaban J connectivity index is 2.06. The molecule has 154 valence electrons. The summed E-state index contributed by atoms with van der Waals surface area (Å²) >= 11 is 5.77. The lowest BCUT2D eigenvalue weighted by Gasteiger charge is -2.21.